The largest absolute Gasteiger partial charge is 0.490 e. The van der Waals surface area contributed by atoms with Gasteiger partial charge in [-0.15, -0.1) is 5.10 Å². The van der Waals surface area contributed by atoms with Gasteiger partial charge in [0, 0.05) is 45.4 Å². The molecule has 7 nitrogen and oxygen atoms in total. The van der Waals surface area contributed by atoms with E-state index in [9.17, 15) is 17.6 Å². The second-order valence-electron chi connectivity index (χ2n) is 7.16. The van der Waals surface area contributed by atoms with Gasteiger partial charge in [0.25, 0.3) is 0 Å². The van der Waals surface area contributed by atoms with Crippen LogP contribution in [0.15, 0.2) is 42.7 Å². The van der Waals surface area contributed by atoms with E-state index in [1.807, 2.05) is 4.90 Å². The highest BCUT2D eigenvalue weighted by atomic mass is 19.4. The fraction of sp³-hybridized carbons (Fsp3) is 0.350. The lowest BCUT2D eigenvalue weighted by atomic mass is 10.1. The summed E-state index contributed by atoms with van der Waals surface area (Å²) in [5.41, 5.74) is -1.29. The number of pyridine rings is 1. The quantitative estimate of drug-likeness (QED) is 0.606. The number of anilines is 3. The van der Waals surface area contributed by atoms with E-state index >= 15 is 0 Å². The molecule has 1 aromatic carbocycles. The summed E-state index contributed by atoms with van der Waals surface area (Å²) in [5, 5.41) is 6.72. The molecule has 4 rings (SSSR count). The van der Waals surface area contributed by atoms with Crippen LogP contribution in [-0.2, 0) is 13.2 Å². The number of nitrogens with zero attached hydrogens (tertiary/aromatic N) is 5. The zero-order valence-electron chi connectivity index (χ0n) is 16.6. The number of rotatable bonds is 5. The maximum absolute atomic E-state index is 14.0. The summed E-state index contributed by atoms with van der Waals surface area (Å²) in [7, 11) is 1.68. The van der Waals surface area contributed by atoms with Crippen LogP contribution in [0.4, 0.5) is 35.1 Å². The Kier molecular flexibility index (Phi) is 5.66. The maximum Gasteiger partial charge on any atom is 0.416 e. The van der Waals surface area contributed by atoms with E-state index < -0.39 is 17.6 Å². The van der Waals surface area contributed by atoms with Crippen molar-refractivity contribution >= 4 is 17.6 Å². The number of hydrogen-bond donors (Lipinski definition) is 1. The standard InChI is InChI=1S/C20H20F4N6O/c1-29-19(30-10-6-15(7-11-30)31-14-4-8-25-9-5-14)27-18(28-29)26-17-12-13(20(22,23)24)2-3-16(17)21/h2-5,8-9,12,15H,6-7,10-11H2,1H3,(H,26,28). The van der Waals surface area contributed by atoms with Gasteiger partial charge in [0.2, 0.25) is 11.9 Å². The lowest BCUT2D eigenvalue weighted by Crippen LogP contribution is -2.39. The molecule has 0 saturated carbocycles. The Morgan fingerprint density at radius 3 is 2.48 bits per heavy atom. The third-order valence-electron chi connectivity index (χ3n) is 4.96. The molecule has 3 aromatic rings. The van der Waals surface area contributed by atoms with E-state index in [4.69, 9.17) is 4.74 Å². The minimum atomic E-state index is -4.57. The van der Waals surface area contributed by atoms with Crippen molar-refractivity contribution in [2.45, 2.75) is 25.1 Å². The van der Waals surface area contributed by atoms with Crippen LogP contribution in [0, 0.1) is 5.82 Å². The van der Waals surface area contributed by atoms with Crippen LogP contribution in [0.5, 0.6) is 5.75 Å². The van der Waals surface area contributed by atoms with E-state index in [1.165, 1.54) is 4.68 Å². The Labute approximate surface area is 175 Å². The van der Waals surface area contributed by atoms with Crippen molar-refractivity contribution in [1.29, 1.82) is 0 Å². The molecule has 3 heterocycles. The van der Waals surface area contributed by atoms with Crippen molar-refractivity contribution < 1.29 is 22.3 Å². The number of piperidine rings is 1. The van der Waals surface area contributed by atoms with Crippen molar-refractivity contribution in [3.05, 3.63) is 54.1 Å². The van der Waals surface area contributed by atoms with Gasteiger partial charge in [-0.25, -0.2) is 9.07 Å². The number of halogens is 4. The molecule has 11 heteroatoms. The van der Waals surface area contributed by atoms with Gasteiger partial charge in [-0.05, 0) is 30.3 Å². The van der Waals surface area contributed by atoms with Gasteiger partial charge < -0.3 is 15.0 Å². The van der Waals surface area contributed by atoms with Crippen LogP contribution in [0.1, 0.15) is 18.4 Å². The normalized spacial score (nSPS) is 15.2. The Morgan fingerprint density at radius 1 is 1.10 bits per heavy atom. The van der Waals surface area contributed by atoms with Gasteiger partial charge in [0.05, 0.1) is 11.3 Å². The number of ether oxygens (including phenoxy) is 1. The van der Waals surface area contributed by atoms with Crippen molar-refractivity contribution in [2.75, 3.05) is 23.3 Å². The lowest BCUT2D eigenvalue weighted by molar-refractivity contribution is -0.137. The van der Waals surface area contributed by atoms with Crippen LogP contribution in [0.3, 0.4) is 0 Å². The molecular weight excluding hydrogens is 416 g/mol. The molecule has 2 aromatic heterocycles. The monoisotopic (exact) mass is 436 g/mol. The first-order chi connectivity index (χ1) is 14.8. The lowest BCUT2D eigenvalue weighted by Gasteiger charge is -2.32. The Balaban J connectivity index is 1.42. The number of nitrogens with one attached hydrogen (secondary N) is 1. The number of hydrogen-bond acceptors (Lipinski definition) is 6. The van der Waals surface area contributed by atoms with Crippen LogP contribution < -0.4 is 15.0 Å². The van der Waals surface area contributed by atoms with Gasteiger partial charge in [0.1, 0.15) is 17.7 Å². The smallest absolute Gasteiger partial charge is 0.416 e. The number of aryl methyl sites for hydroxylation is 1. The SMILES string of the molecule is Cn1nc(Nc2cc(C(F)(F)F)ccc2F)nc1N1CCC(Oc2ccncc2)CC1. The van der Waals surface area contributed by atoms with Gasteiger partial charge in [-0.2, -0.15) is 18.2 Å². The molecule has 0 atom stereocenters. The zero-order valence-corrected chi connectivity index (χ0v) is 16.6. The second kappa shape index (κ2) is 8.40. The van der Waals surface area contributed by atoms with Crippen molar-refractivity contribution in [3.63, 3.8) is 0 Å². The van der Waals surface area contributed by atoms with E-state index in [2.05, 4.69) is 20.4 Å². The maximum atomic E-state index is 14.0. The second-order valence-corrected chi connectivity index (χ2v) is 7.16. The van der Waals surface area contributed by atoms with Crippen LogP contribution in [0.2, 0.25) is 0 Å². The van der Waals surface area contributed by atoms with E-state index in [0.29, 0.717) is 31.2 Å². The first-order valence-electron chi connectivity index (χ1n) is 9.66. The minimum Gasteiger partial charge on any atom is -0.490 e. The Hall–Kier alpha value is -3.37. The van der Waals surface area contributed by atoms with Gasteiger partial charge >= 0.3 is 6.18 Å². The van der Waals surface area contributed by atoms with Gasteiger partial charge in [-0.1, -0.05) is 0 Å². The van der Waals surface area contributed by atoms with Crippen molar-refractivity contribution in [2.24, 2.45) is 7.05 Å². The van der Waals surface area contributed by atoms with Gasteiger partial charge in [-0.3, -0.25) is 4.98 Å². The van der Waals surface area contributed by atoms with E-state index in [-0.39, 0.29) is 17.7 Å². The Morgan fingerprint density at radius 2 is 1.81 bits per heavy atom. The topological polar surface area (TPSA) is 68.1 Å². The molecule has 1 N–H and O–H groups in total. The highest BCUT2D eigenvalue weighted by Crippen LogP contribution is 2.32. The van der Waals surface area contributed by atoms with E-state index in [0.717, 1.165) is 24.7 Å². The molecule has 0 aliphatic carbocycles. The number of aromatic nitrogens is 4. The molecule has 1 aliphatic rings. The summed E-state index contributed by atoms with van der Waals surface area (Å²) in [6, 6.07) is 5.77. The molecule has 1 saturated heterocycles. The highest BCUT2D eigenvalue weighted by molar-refractivity contribution is 5.57. The van der Waals surface area contributed by atoms with Crippen LogP contribution in [0.25, 0.3) is 0 Å². The van der Waals surface area contributed by atoms with Crippen molar-refractivity contribution in [1.82, 2.24) is 19.7 Å². The summed E-state index contributed by atoms with van der Waals surface area (Å²) in [6.45, 7) is 1.33. The molecule has 0 radical (unpaired) electrons. The molecular formula is C20H20F4N6O. The zero-order chi connectivity index (χ0) is 22.0. The van der Waals surface area contributed by atoms with Gasteiger partial charge in [0.15, 0.2) is 0 Å². The summed E-state index contributed by atoms with van der Waals surface area (Å²) >= 11 is 0. The third-order valence-corrected chi connectivity index (χ3v) is 4.96. The molecule has 0 amide bonds. The molecule has 1 fully saturated rings. The number of alkyl halides is 3. The molecule has 0 bridgehead atoms. The number of benzene rings is 1. The minimum absolute atomic E-state index is 0.0193. The summed E-state index contributed by atoms with van der Waals surface area (Å²) in [6.07, 6.45) is 0.358. The fourth-order valence-corrected chi connectivity index (χ4v) is 3.41. The molecule has 31 heavy (non-hydrogen) atoms. The average Bonchev–Trinajstić information content (AvgIpc) is 3.10. The first kappa shape index (κ1) is 20.9. The Bertz CT molecular complexity index is 1030. The molecule has 1 aliphatic heterocycles. The predicted octanol–water partition coefficient (Wildman–Crippen LogP) is 4.16. The predicted molar refractivity (Wildman–Crippen MR) is 106 cm³/mol. The third kappa shape index (κ3) is 4.86. The van der Waals surface area contributed by atoms with Crippen molar-refractivity contribution in [3.8, 4) is 5.75 Å². The van der Waals surface area contributed by atoms with E-state index in [1.54, 1.807) is 31.6 Å². The molecule has 0 unspecified atom stereocenters. The van der Waals surface area contributed by atoms with Crippen LogP contribution >= 0.6 is 0 Å². The first-order valence-corrected chi connectivity index (χ1v) is 9.66. The average molecular weight is 436 g/mol. The molecule has 164 valence electrons. The summed E-state index contributed by atoms with van der Waals surface area (Å²) in [5.74, 6) is 0.501. The highest BCUT2D eigenvalue weighted by Gasteiger charge is 2.31. The fourth-order valence-electron chi connectivity index (χ4n) is 3.41. The molecule has 0 spiro atoms. The summed E-state index contributed by atoms with van der Waals surface area (Å²) in [4.78, 5) is 10.3. The summed E-state index contributed by atoms with van der Waals surface area (Å²) < 4.78 is 60.2. The van der Waals surface area contributed by atoms with Crippen LogP contribution in [-0.4, -0.2) is 38.9 Å².